The lowest BCUT2D eigenvalue weighted by atomic mass is 10.0. The number of aromatic amines is 1. The molecule has 2 amide bonds. The van der Waals surface area contributed by atoms with E-state index < -0.39 is 0 Å². The zero-order valence-corrected chi connectivity index (χ0v) is 16.1. The maximum Gasteiger partial charge on any atom is 0.251 e. The van der Waals surface area contributed by atoms with Gasteiger partial charge >= 0.3 is 0 Å². The number of nitrogens with zero attached hydrogens (tertiary/aromatic N) is 2. The van der Waals surface area contributed by atoms with Crippen molar-refractivity contribution in [3.63, 3.8) is 0 Å². The number of nitrogens with one attached hydrogen (secondary N) is 2. The van der Waals surface area contributed by atoms with Gasteiger partial charge in [-0.15, -0.1) is 0 Å². The highest BCUT2D eigenvalue weighted by atomic mass is 16.2. The summed E-state index contributed by atoms with van der Waals surface area (Å²) in [5.74, 6) is 0.843. The molecule has 0 aliphatic carbocycles. The fourth-order valence-electron chi connectivity index (χ4n) is 3.63. The first-order chi connectivity index (χ1) is 13.5. The van der Waals surface area contributed by atoms with Gasteiger partial charge in [0.05, 0.1) is 17.1 Å². The van der Waals surface area contributed by atoms with Crippen LogP contribution >= 0.6 is 0 Å². The minimum Gasteiger partial charge on any atom is -0.342 e. The van der Waals surface area contributed by atoms with Crippen molar-refractivity contribution in [2.45, 2.75) is 32.7 Å². The Balaban J connectivity index is 1.57. The summed E-state index contributed by atoms with van der Waals surface area (Å²) in [4.78, 5) is 34.7. The predicted octanol–water partition coefficient (Wildman–Crippen LogP) is 3.82. The Labute approximate surface area is 164 Å². The number of amides is 2. The molecule has 0 saturated carbocycles. The molecule has 1 saturated heterocycles. The normalized spacial score (nSPS) is 15.4. The lowest BCUT2D eigenvalue weighted by Gasteiger charge is -2.21. The van der Waals surface area contributed by atoms with Gasteiger partial charge in [-0.3, -0.25) is 9.59 Å². The van der Waals surface area contributed by atoms with Gasteiger partial charge in [-0.05, 0) is 42.7 Å². The van der Waals surface area contributed by atoms with Crippen molar-refractivity contribution in [3.05, 3.63) is 59.9 Å². The monoisotopic (exact) mass is 376 g/mol. The van der Waals surface area contributed by atoms with Crippen LogP contribution in [0.25, 0.3) is 11.0 Å². The van der Waals surface area contributed by atoms with Crippen LogP contribution in [0.2, 0.25) is 0 Å². The molecule has 0 spiro atoms. The lowest BCUT2D eigenvalue weighted by Crippen LogP contribution is -2.32. The fourth-order valence-corrected chi connectivity index (χ4v) is 3.63. The number of imidazole rings is 1. The summed E-state index contributed by atoms with van der Waals surface area (Å²) in [7, 11) is 0. The molecule has 3 aromatic rings. The molecule has 0 bridgehead atoms. The number of rotatable bonds is 5. The van der Waals surface area contributed by atoms with E-state index in [0.717, 1.165) is 29.0 Å². The van der Waals surface area contributed by atoms with Gasteiger partial charge in [0.15, 0.2) is 0 Å². The van der Waals surface area contributed by atoms with E-state index >= 15 is 0 Å². The highest BCUT2D eigenvalue weighted by molar-refractivity contribution is 5.99. The van der Waals surface area contributed by atoms with Gasteiger partial charge in [-0.25, -0.2) is 4.98 Å². The Kier molecular flexibility index (Phi) is 4.86. The van der Waals surface area contributed by atoms with Gasteiger partial charge in [0.1, 0.15) is 5.82 Å². The van der Waals surface area contributed by atoms with Gasteiger partial charge in [-0.2, -0.15) is 0 Å². The number of carbonyl (C=O) groups excluding carboxylic acids is 2. The second kappa shape index (κ2) is 7.46. The van der Waals surface area contributed by atoms with E-state index in [2.05, 4.69) is 29.1 Å². The molecule has 1 atom stereocenters. The topological polar surface area (TPSA) is 78.1 Å². The molecule has 2 heterocycles. The number of hydrogen-bond donors (Lipinski definition) is 2. The molecule has 144 valence electrons. The minimum atomic E-state index is -0.239. The van der Waals surface area contributed by atoms with Crippen molar-refractivity contribution >= 4 is 28.5 Å². The van der Waals surface area contributed by atoms with Crippen LogP contribution in [-0.4, -0.2) is 28.3 Å². The third kappa shape index (κ3) is 3.50. The number of H-pyrrole nitrogens is 1. The number of fused-ring (bicyclic) bond motifs is 1. The number of hydrogen-bond acceptors (Lipinski definition) is 3. The highest BCUT2D eigenvalue weighted by Gasteiger charge is 2.25. The van der Waals surface area contributed by atoms with E-state index in [9.17, 15) is 9.59 Å². The number of carbonyl (C=O) groups is 2. The molecule has 6 nitrogen and oxygen atoms in total. The van der Waals surface area contributed by atoms with E-state index in [1.54, 1.807) is 17.0 Å². The van der Waals surface area contributed by atoms with Crippen LogP contribution in [0.4, 0.5) is 5.69 Å². The van der Waals surface area contributed by atoms with E-state index in [0.29, 0.717) is 18.5 Å². The summed E-state index contributed by atoms with van der Waals surface area (Å²) < 4.78 is 0. The molecule has 0 radical (unpaired) electrons. The van der Waals surface area contributed by atoms with Crippen molar-refractivity contribution in [2.75, 3.05) is 11.4 Å². The van der Waals surface area contributed by atoms with Crippen LogP contribution in [0.5, 0.6) is 0 Å². The molecule has 2 aromatic carbocycles. The molecule has 0 unspecified atom stereocenters. The second-order valence-corrected chi connectivity index (χ2v) is 7.53. The van der Waals surface area contributed by atoms with E-state index in [1.807, 2.05) is 36.4 Å². The number of aromatic nitrogens is 2. The summed E-state index contributed by atoms with van der Waals surface area (Å²) in [6, 6.07) is 14.8. The zero-order valence-electron chi connectivity index (χ0n) is 16.1. The second-order valence-electron chi connectivity index (χ2n) is 7.53. The molecule has 4 rings (SSSR count). The Hall–Kier alpha value is -3.15. The van der Waals surface area contributed by atoms with Crippen molar-refractivity contribution in [3.8, 4) is 0 Å². The van der Waals surface area contributed by atoms with Crippen molar-refractivity contribution in [1.82, 2.24) is 15.3 Å². The van der Waals surface area contributed by atoms with Crippen LogP contribution in [0.3, 0.4) is 0 Å². The maximum absolute atomic E-state index is 12.9. The highest BCUT2D eigenvalue weighted by Crippen LogP contribution is 2.25. The van der Waals surface area contributed by atoms with Gasteiger partial charge in [0.25, 0.3) is 5.91 Å². The summed E-state index contributed by atoms with van der Waals surface area (Å²) >= 11 is 0. The first-order valence-electron chi connectivity index (χ1n) is 9.69. The molecule has 28 heavy (non-hydrogen) atoms. The van der Waals surface area contributed by atoms with Gasteiger partial charge in [0, 0.05) is 24.2 Å². The van der Waals surface area contributed by atoms with Gasteiger partial charge in [0.2, 0.25) is 5.91 Å². The fraction of sp³-hybridized carbons (Fsp3) is 0.318. The van der Waals surface area contributed by atoms with Crippen molar-refractivity contribution < 1.29 is 9.59 Å². The molecular weight excluding hydrogens is 352 g/mol. The average molecular weight is 376 g/mol. The number of para-hydroxylation sites is 2. The molecular formula is C22H24N4O2. The molecule has 1 aromatic heterocycles. The van der Waals surface area contributed by atoms with Gasteiger partial charge in [-0.1, -0.05) is 32.0 Å². The first kappa shape index (κ1) is 18.2. The molecule has 1 fully saturated rings. The van der Waals surface area contributed by atoms with Crippen molar-refractivity contribution in [2.24, 2.45) is 5.92 Å². The Morgan fingerprint density at radius 1 is 1.18 bits per heavy atom. The van der Waals surface area contributed by atoms with Crippen molar-refractivity contribution in [1.29, 1.82) is 0 Å². The Bertz CT molecular complexity index is 991. The van der Waals surface area contributed by atoms with E-state index in [4.69, 9.17) is 0 Å². The SMILES string of the molecule is CC(C)[C@H](NC(=O)c1cccc(N2CCCC2=O)c1)c1nc2ccccc2[nH]1. The first-order valence-corrected chi connectivity index (χ1v) is 9.69. The van der Waals surface area contributed by atoms with E-state index in [1.165, 1.54) is 0 Å². The quantitative estimate of drug-likeness (QED) is 0.711. The van der Waals surface area contributed by atoms with Crippen LogP contribution < -0.4 is 10.2 Å². The van der Waals surface area contributed by atoms with Crippen LogP contribution in [0, 0.1) is 5.92 Å². The standard InChI is InChI=1S/C22H24N4O2/c1-14(2)20(21-23-17-9-3-4-10-18(17)24-21)25-22(28)15-7-5-8-16(13-15)26-12-6-11-19(26)27/h3-5,7-10,13-14,20H,6,11-12H2,1-2H3,(H,23,24)(H,25,28)/t20-/m0/s1. The smallest absolute Gasteiger partial charge is 0.251 e. The summed E-state index contributed by atoms with van der Waals surface area (Å²) in [5.41, 5.74) is 3.15. The molecule has 1 aliphatic heterocycles. The maximum atomic E-state index is 12.9. The lowest BCUT2D eigenvalue weighted by molar-refractivity contribution is -0.117. The zero-order chi connectivity index (χ0) is 19.7. The third-order valence-electron chi connectivity index (χ3n) is 5.15. The average Bonchev–Trinajstić information content (AvgIpc) is 3.31. The number of benzene rings is 2. The molecule has 2 N–H and O–H groups in total. The largest absolute Gasteiger partial charge is 0.342 e. The van der Waals surface area contributed by atoms with Crippen LogP contribution in [-0.2, 0) is 4.79 Å². The van der Waals surface area contributed by atoms with E-state index in [-0.39, 0.29) is 23.8 Å². The Morgan fingerprint density at radius 3 is 2.71 bits per heavy atom. The Morgan fingerprint density at radius 2 is 2.00 bits per heavy atom. The summed E-state index contributed by atoms with van der Waals surface area (Å²) in [6.07, 6.45) is 1.43. The third-order valence-corrected chi connectivity index (χ3v) is 5.15. The summed E-state index contributed by atoms with van der Waals surface area (Å²) in [5, 5.41) is 3.10. The predicted molar refractivity (Wildman–Crippen MR) is 109 cm³/mol. The molecule has 6 heteroatoms. The number of anilines is 1. The van der Waals surface area contributed by atoms with Crippen LogP contribution in [0.15, 0.2) is 48.5 Å². The van der Waals surface area contributed by atoms with Gasteiger partial charge < -0.3 is 15.2 Å². The summed E-state index contributed by atoms with van der Waals surface area (Å²) in [6.45, 7) is 4.81. The molecule has 1 aliphatic rings. The van der Waals surface area contributed by atoms with Crippen LogP contribution in [0.1, 0.15) is 48.9 Å². The minimum absolute atomic E-state index is 0.111.